The Hall–Kier alpha value is -2.01. The van der Waals surface area contributed by atoms with Crippen LogP contribution in [0.3, 0.4) is 0 Å². The van der Waals surface area contributed by atoms with Crippen molar-refractivity contribution in [2.24, 2.45) is 0 Å². The molecule has 0 atom stereocenters. The highest BCUT2D eigenvalue weighted by atomic mass is 32.1. The maximum absolute atomic E-state index is 11.0. The van der Waals surface area contributed by atoms with Gasteiger partial charge in [-0.05, 0) is 47.0 Å². The number of thiophene rings is 1. The van der Waals surface area contributed by atoms with Crippen LogP contribution in [-0.4, -0.2) is 11.1 Å². The average Bonchev–Trinajstić information content (AvgIpc) is 2.73. The van der Waals surface area contributed by atoms with Gasteiger partial charge in [-0.2, -0.15) is 11.3 Å². The monoisotopic (exact) mass is 262 g/mol. The summed E-state index contributed by atoms with van der Waals surface area (Å²) in [6.45, 7) is 2.73. The van der Waals surface area contributed by atoms with E-state index in [2.05, 4.69) is 23.0 Å². The number of carbonyl (C=O) groups is 1. The number of nitrogens with one attached hydrogen (secondary N) is 1. The molecule has 1 heterocycles. The summed E-state index contributed by atoms with van der Waals surface area (Å²) in [6.07, 6.45) is 0. The SMILES string of the molecule is Cc1cscc1CNc1ccc(N)c(C(=O)O)c1. The maximum atomic E-state index is 11.0. The number of carboxylic acids is 1. The lowest BCUT2D eigenvalue weighted by atomic mass is 10.1. The fraction of sp³-hybridized carbons (Fsp3) is 0.154. The molecule has 0 saturated carbocycles. The summed E-state index contributed by atoms with van der Waals surface area (Å²) in [5.41, 5.74) is 9.21. The highest BCUT2D eigenvalue weighted by Gasteiger charge is 2.08. The van der Waals surface area contributed by atoms with Gasteiger partial charge in [0.25, 0.3) is 0 Å². The number of anilines is 2. The molecule has 0 spiro atoms. The molecule has 0 radical (unpaired) electrons. The summed E-state index contributed by atoms with van der Waals surface area (Å²) in [4.78, 5) is 11.0. The van der Waals surface area contributed by atoms with Crippen molar-refractivity contribution in [2.75, 3.05) is 11.1 Å². The van der Waals surface area contributed by atoms with Crippen LogP contribution in [0.15, 0.2) is 29.0 Å². The first kappa shape index (κ1) is 12.4. The van der Waals surface area contributed by atoms with E-state index in [1.807, 2.05) is 0 Å². The van der Waals surface area contributed by atoms with Crippen molar-refractivity contribution in [3.8, 4) is 0 Å². The van der Waals surface area contributed by atoms with Crippen molar-refractivity contribution in [2.45, 2.75) is 13.5 Å². The fourth-order valence-electron chi connectivity index (χ4n) is 1.62. The van der Waals surface area contributed by atoms with Gasteiger partial charge >= 0.3 is 5.97 Å². The molecular weight excluding hydrogens is 248 g/mol. The molecule has 4 nitrogen and oxygen atoms in total. The number of aromatic carboxylic acids is 1. The third-order valence-corrected chi connectivity index (χ3v) is 3.64. The van der Waals surface area contributed by atoms with Gasteiger partial charge < -0.3 is 16.2 Å². The van der Waals surface area contributed by atoms with Crippen LogP contribution in [0.5, 0.6) is 0 Å². The summed E-state index contributed by atoms with van der Waals surface area (Å²) < 4.78 is 0. The molecule has 0 aliphatic rings. The molecule has 0 bridgehead atoms. The van der Waals surface area contributed by atoms with Gasteiger partial charge in [0.15, 0.2) is 0 Å². The van der Waals surface area contributed by atoms with Crippen LogP contribution in [0.2, 0.25) is 0 Å². The van der Waals surface area contributed by atoms with E-state index >= 15 is 0 Å². The molecule has 94 valence electrons. The van der Waals surface area contributed by atoms with E-state index in [0.29, 0.717) is 6.54 Å². The highest BCUT2D eigenvalue weighted by Crippen LogP contribution is 2.20. The minimum absolute atomic E-state index is 0.127. The van der Waals surface area contributed by atoms with Gasteiger partial charge in [-0.1, -0.05) is 0 Å². The van der Waals surface area contributed by atoms with Crippen molar-refractivity contribution < 1.29 is 9.90 Å². The van der Waals surface area contributed by atoms with Crippen LogP contribution in [0.1, 0.15) is 21.5 Å². The van der Waals surface area contributed by atoms with Crippen molar-refractivity contribution in [1.29, 1.82) is 0 Å². The smallest absolute Gasteiger partial charge is 0.337 e. The van der Waals surface area contributed by atoms with Gasteiger partial charge in [-0.15, -0.1) is 0 Å². The van der Waals surface area contributed by atoms with Gasteiger partial charge in [0.05, 0.1) is 5.56 Å². The second kappa shape index (κ2) is 5.10. The van der Waals surface area contributed by atoms with Crippen LogP contribution in [0, 0.1) is 6.92 Å². The number of aryl methyl sites for hydroxylation is 1. The zero-order valence-corrected chi connectivity index (χ0v) is 10.8. The summed E-state index contributed by atoms with van der Waals surface area (Å²) in [6, 6.07) is 4.94. The molecule has 0 unspecified atom stereocenters. The van der Waals surface area contributed by atoms with Crippen LogP contribution >= 0.6 is 11.3 Å². The number of nitrogen functional groups attached to an aromatic ring is 1. The van der Waals surface area contributed by atoms with Crippen molar-refractivity contribution in [3.63, 3.8) is 0 Å². The zero-order valence-electron chi connectivity index (χ0n) is 9.93. The molecule has 0 amide bonds. The second-order valence-corrected chi connectivity index (χ2v) is 4.78. The second-order valence-electron chi connectivity index (χ2n) is 4.04. The zero-order chi connectivity index (χ0) is 13.1. The lowest BCUT2D eigenvalue weighted by Crippen LogP contribution is -2.05. The normalized spacial score (nSPS) is 10.3. The number of nitrogens with two attached hydrogens (primary N) is 1. The van der Waals surface area contributed by atoms with Crippen molar-refractivity contribution in [3.05, 3.63) is 45.6 Å². The Bertz CT molecular complexity index is 578. The standard InChI is InChI=1S/C13H14N2O2S/c1-8-6-18-7-9(8)5-15-10-2-3-12(14)11(4-10)13(16)17/h2-4,6-7,15H,5,14H2,1H3,(H,16,17). The first-order chi connectivity index (χ1) is 8.58. The van der Waals surface area contributed by atoms with Crippen LogP contribution in [0.4, 0.5) is 11.4 Å². The predicted molar refractivity (Wildman–Crippen MR) is 74.2 cm³/mol. The third kappa shape index (κ3) is 2.62. The summed E-state index contributed by atoms with van der Waals surface area (Å²) in [5.74, 6) is -1.01. The molecule has 0 fully saturated rings. The van der Waals surface area contributed by atoms with E-state index < -0.39 is 5.97 Å². The summed E-state index contributed by atoms with van der Waals surface area (Å²) in [5, 5.41) is 16.3. The number of carboxylic acid groups (broad SMARTS) is 1. The quantitative estimate of drug-likeness (QED) is 0.740. The van der Waals surface area contributed by atoms with Gasteiger partial charge in [0.2, 0.25) is 0 Å². The van der Waals surface area contributed by atoms with Crippen LogP contribution in [-0.2, 0) is 6.54 Å². The number of rotatable bonds is 4. The Morgan fingerprint density at radius 1 is 1.44 bits per heavy atom. The van der Waals surface area contributed by atoms with Gasteiger partial charge in [0, 0.05) is 17.9 Å². The molecule has 0 aliphatic heterocycles. The van der Waals surface area contributed by atoms with Crippen LogP contribution < -0.4 is 11.1 Å². The van der Waals surface area contributed by atoms with Crippen molar-refractivity contribution in [1.82, 2.24) is 0 Å². The van der Waals surface area contributed by atoms with E-state index in [4.69, 9.17) is 10.8 Å². The Labute approximate surface area is 109 Å². The molecule has 1 aromatic heterocycles. The molecule has 1 aromatic carbocycles. The topological polar surface area (TPSA) is 75.3 Å². The molecule has 2 rings (SSSR count). The van der Waals surface area contributed by atoms with E-state index in [1.165, 1.54) is 11.1 Å². The Morgan fingerprint density at radius 2 is 2.22 bits per heavy atom. The minimum Gasteiger partial charge on any atom is -0.478 e. The lowest BCUT2D eigenvalue weighted by molar-refractivity contribution is 0.0698. The summed E-state index contributed by atoms with van der Waals surface area (Å²) >= 11 is 1.66. The van der Waals surface area contributed by atoms with E-state index in [1.54, 1.807) is 29.5 Å². The summed E-state index contributed by atoms with van der Waals surface area (Å²) in [7, 11) is 0. The van der Waals surface area contributed by atoms with E-state index in [9.17, 15) is 4.79 Å². The Morgan fingerprint density at radius 3 is 2.83 bits per heavy atom. The number of benzene rings is 1. The number of hydrogen-bond donors (Lipinski definition) is 3. The van der Waals surface area contributed by atoms with Crippen molar-refractivity contribution >= 4 is 28.7 Å². The number of hydrogen-bond acceptors (Lipinski definition) is 4. The molecule has 0 aliphatic carbocycles. The van der Waals surface area contributed by atoms with Gasteiger partial charge in [0.1, 0.15) is 0 Å². The lowest BCUT2D eigenvalue weighted by Gasteiger charge is -2.08. The minimum atomic E-state index is -1.01. The molecule has 0 saturated heterocycles. The van der Waals surface area contributed by atoms with Gasteiger partial charge in [-0.3, -0.25) is 0 Å². The predicted octanol–water partition coefficient (Wildman–Crippen LogP) is 2.95. The fourth-order valence-corrected chi connectivity index (χ4v) is 2.47. The third-order valence-electron chi connectivity index (χ3n) is 2.73. The molecule has 5 heteroatoms. The van der Waals surface area contributed by atoms with Gasteiger partial charge in [-0.25, -0.2) is 4.79 Å². The van der Waals surface area contributed by atoms with Crippen LogP contribution in [0.25, 0.3) is 0 Å². The average molecular weight is 262 g/mol. The first-order valence-electron chi connectivity index (χ1n) is 5.46. The molecular formula is C13H14N2O2S. The van der Waals surface area contributed by atoms with E-state index in [-0.39, 0.29) is 11.3 Å². The highest BCUT2D eigenvalue weighted by molar-refractivity contribution is 7.08. The molecule has 2 aromatic rings. The molecule has 4 N–H and O–H groups in total. The first-order valence-corrected chi connectivity index (χ1v) is 6.40. The largest absolute Gasteiger partial charge is 0.478 e. The Balaban J connectivity index is 2.13. The van der Waals surface area contributed by atoms with E-state index in [0.717, 1.165) is 5.69 Å². The molecule has 18 heavy (non-hydrogen) atoms. The Kier molecular flexibility index (Phi) is 3.53. The maximum Gasteiger partial charge on any atom is 0.337 e.